The Bertz CT molecular complexity index is 702. The molecule has 0 unspecified atom stereocenters. The van der Waals surface area contributed by atoms with Gasteiger partial charge < -0.3 is 14.2 Å². The van der Waals surface area contributed by atoms with Gasteiger partial charge in [-0.2, -0.15) is 0 Å². The molecule has 1 aromatic heterocycles. The second-order valence-electron chi connectivity index (χ2n) is 4.92. The van der Waals surface area contributed by atoms with Crippen molar-refractivity contribution in [3.05, 3.63) is 59.9 Å². The molecule has 24 heavy (non-hydrogen) atoms. The average molecular weight is 325 g/mol. The molecule has 0 saturated carbocycles. The predicted octanol–water partition coefficient (Wildman–Crippen LogP) is 2.86. The number of pyridine rings is 1. The Hall–Kier alpha value is -2.84. The van der Waals surface area contributed by atoms with Crippen LogP contribution in [-0.4, -0.2) is 30.8 Å². The third-order valence-corrected chi connectivity index (χ3v) is 3.07. The lowest BCUT2D eigenvalue weighted by atomic mass is 10.2. The minimum Gasteiger partial charge on any atom is -0.497 e. The Morgan fingerprint density at radius 2 is 2.00 bits per heavy atom. The summed E-state index contributed by atoms with van der Waals surface area (Å²) in [6.45, 7) is 2.43. The number of carbonyl (C=O) groups excluding carboxylic acids is 1. The molecular formula is C19H19NO4. The van der Waals surface area contributed by atoms with Gasteiger partial charge in [0.1, 0.15) is 18.1 Å². The minimum absolute atomic E-state index is 0.261. The summed E-state index contributed by atoms with van der Waals surface area (Å²) in [6, 6.07) is 12.7. The molecule has 124 valence electrons. The van der Waals surface area contributed by atoms with Crippen LogP contribution in [-0.2, 0) is 16.1 Å². The van der Waals surface area contributed by atoms with Crippen LogP contribution in [0.15, 0.2) is 48.7 Å². The van der Waals surface area contributed by atoms with Crippen LogP contribution >= 0.6 is 0 Å². The molecule has 0 fully saturated rings. The fourth-order valence-corrected chi connectivity index (χ4v) is 1.86. The van der Waals surface area contributed by atoms with Gasteiger partial charge in [0, 0.05) is 6.20 Å². The molecule has 0 aliphatic carbocycles. The first-order chi connectivity index (χ1) is 11.7. The second kappa shape index (κ2) is 9.33. The molecule has 1 heterocycles. The highest BCUT2D eigenvalue weighted by atomic mass is 16.5. The van der Waals surface area contributed by atoms with E-state index in [9.17, 15) is 4.79 Å². The minimum atomic E-state index is -0.524. The van der Waals surface area contributed by atoms with Gasteiger partial charge in [-0.1, -0.05) is 30.0 Å². The van der Waals surface area contributed by atoms with E-state index >= 15 is 0 Å². The van der Waals surface area contributed by atoms with Crippen molar-refractivity contribution < 1.29 is 19.0 Å². The van der Waals surface area contributed by atoms with Gasteiger partial charge in [0.2, 0.25) is 0 Å². The molecule has 0 aliphatic rings. The maximum Gasteiger partial charge on any atom is 0.358 e. The SMILES string of the molecule is COc1ccc(COCC#C[C@H](C)OC(=O)c2ccccn2)cc1. The van der Waals surface area contributed by atoms with Gasteiger partial charge in [-0.3, -0.25) is 0 Å². The maximum atomic E-state index is 11.8. The summed E-state index contributed by atoms with van der Waals surface area (Å²) < 4.78 is 15.7. The number of hydrogen-bond acceptors (Lipinski definition) is 5. The number of ether oxygens (including phenoxy) is 3. The number of carbonyl (C=O) groups is 1. The summed E-state index contributed by atoms with van der Waals surface area (Å²) in [7, 11) is 1.63. The van der Waals surface area contributed by atoms with Gasteiger partial charge in [0.25, 0.3) is 0 Å². The lowest BCUT2D eigenvalue weighted by Gasteiger charge is -2.06. The Morgan fingerprint density at radius 1 is 1.21 bits per heavy atom. The van der Waals surface area contributed by atoms with Gasteiger partial charge in [-0.25, -0.2) is 9.78 Å². The first-order valence-electron chi connectivity index (χ1n) is 7.50. The largest absolute Gasteiger partial charge is 0.497 e. The van der Waals surface area contributed by atoms with Crippen LogP contribution in [0.25, 0.3) is 0 Å². The zero-order valence-electron chi connectivity index (χ0n) is 13.7. The first-order valence-corrected chi connectivity index (χ1v) is 7.50. The molecule has 0 spiro atoms. The summed E-state index contributed by atoms with van der Waals surface area (Å²) in [5.74, 6) is 5.98. The van der Waals surface area contributed by atoms with E-state index in [0.29, 0.717) is 6.61 Å². The Balaban J connectivity index is 1.71. The zero-order chi connectivity index (χ0) is 17.2. The van der Waals surface area contributed by atoms with E-state index < -0.39 is 12.1 Å². The summed E-state index contributed by atoms with van der Waals surface area (Å²) in [6.07, 6.45) is 1.02. The van der Waals surface area contributed by atoms with Crippen LogP contribution in [0.5, 0.6) is 5.75 Å². The van der Waals surface area contributed by atoms with Crippen LogP contribution in [0, 0.1) is 11.8 Å². The Kier molecular flexibility index (Phi) is 6.81. The molecule has 0 amide bonds. The van der Waals surface area contributed by atoms with E-state index in [-0.39, 0.29) is 12.3 Å². The highest BCUT2D eigenvalue weighted by molar-refractivity contribution is 5.87. The Morgan fingerprint density at radius 3 is 2.67 bits per heavy atom. The molecule has 1 atom stereocenters. The van der Waals surface area contributed by atoms with E-state index in [1.165, 1.54) is 0 Å². The predicted molar refractivity (Wildman–Crippen MR) is 89.5 cm³/mol. The van der Waals surface area contributed by atoms with E-state index in [1.807, 2.05) is 24.3 Å². The van der Waals surface area contributed by atoms with Gasteiger partial charge in [0.15, 0.2) is 6.10 Å². The molecule has 0 saturated heterocycles. The quantitative estimate of drug-likeness (QED) is 0.464. The van der Waals surface area contributed by atoms with Crippen molar-refractivity contribution in [3.8, 4) is 17.6 Å². The monoisotopic (exact) mass is 325 g/mol. The molecular weight excluding hydrogens is 306 g/mol. The lowest BCUT2D eigenvalue weighted by molar-refractivity contribution is 0.0431. The van der Waals surface area contributed by atoms with Crippen molar-refractivity contribution in [2.45, 2.75) is 19.6 Å². The molecule has 1 aromatic carbocycles. The van der Waals surface area contributed by atoms with Crippen LogP contribution in [0.4, 0.5) is 0 Å². The molecule has 0 N–H and O–H groups in total. The summed E-state index contributed by atoms with van der Waals surface area (Å²) in [5.41, 5.74) is 1.30. The number of benzene rings is 1. The van der Waals surface area contributed by atoms with Crippen molar-refractivity contribution in [2.75, 3.05) is 13.7 Å². The molecule has 0 aliphatic heterocycles. The van der Waals surface area contributed by atoms with Crippen molar-refractivity contribution in [1.82, 2.24) is 4.98 Å². The zero-order valence-corrected chi connectivity index (χ0v) is 13.7. The normalized spacial score (nSPS) is 11.1. The summed E-state index contributed by atoms with van der Waals surface area (Å²) in [5, 5.41) is 0. The number of esters is 1. The fourth-order valence-electron chi connectivity index (χ4n) is 1.86. The number of nitrogens with zero attached hydrogens (tertiary/aromatic N) is 1. The molecule has 5 heteroatoms. The smallest absolute Gasteiger partial charge is 0.358 e. The summed E-state index contributed by atoms with van der Waals surface area (Å²) >= 11 is 0. The number of rotatable bonds is 6. The second-order valence-corrected chi connectivity index (χ2v) is 4.92. The highest BCUT2D eigenvalue weighted by Crippen LogP contribution is 2.11. The van der Waals surface area contributed by atoms with E-state index in [0.717, 1.165) is 11.3 Å². The standard InChI is InChI=1S/C19H19NO4/c1-15(24-19(21)18-7-3-4-12-20-18)6-5-13-23-14-16-8-10-17(22-2)11-9-16/h3-4,7-12,15H,13-14H2,1-2H3/t15-/m0/s1. The average Bonchev–Trinajstić information content (AvgIpc) is 2.62. The Labute approximate surface area is 141 Å². The molecule has 0 radical (unpaired) electrons. The molecule has 0 bridgehead atoms. The number of methoxy groups -OCH3 is 1. The van der Waals surface area contributed by atoms with Gasteiger partial charge in [-0.15, -0.1) is 0 Å². The lowest BCUT2D eigenvalue weighted by Crippen LogP contribution is -2.14. The van der Waals surface area contributed by atoms with Crippen LogP contribution in [0.3, 0.4) is 0 Å². The van der Waals surface area contributed by atoms with Gasteiger partial charge in [-0.05, 0) is 36.8 Å². The number of hydrogen-bond donors (Lipinski definition) is 0. The van der Waals surface area contributed by atoms with Crippen LogP contribution in [0.2, 0.25) is 0 Å². The molecule has 2 rings (SSSR count). The van der Waals surface area contributed by atoms with E-state index in [1.54, 1.807) is 38.4 Å². The first kappa shape index (κ1) is 17.5. The van der Waals surface area contributed by atoms with Crippen molar-refractivity contribution in [3.63, 3.8) is 0 Å². The third kappa shape index (κ3) is 5.75. The van der Waals surface area contributed by atoms with E-state index in [4.69, 9.17) is 14.2 Å². The van der Waals surface area contributed by atoms with Crippen molar-refractivity contribution in [1.29, 1.82) is 0 Å². The third-order valence-electron chi connectivity index (χ3n) is 3.07. The topological polar surface area (TPSA) is 57.7 Å². The van der Waals surface area contributed by atoms with Gasteiger partial charge in [0.05, 0.1) is 13.7 Å². The van der Waals surface area contributed by atoms with Crippen LogP contribution < -0.4 is 4.74 Å². The van der Waals surface area contributed by atoms with Gasteiger partial charge >= 0.3 is 5.97 Å². The molecule has 5 nitrogen and oxygen atoms in total. The maximum absolute atomic E-state index is 11.8. The number of aromatic nitrogens is 1. The summed E-state index contributed by atoms with van der Waals surface area (Å²) in [4.78, 5) is 15.7. The van der Waals surface area contributed by atoms with E-state index in [2.05, 4.69) is 16.8 Å². The van der Waals surface area contributed by atoms with Crippen molar-refractivity contribution >= 4 is 5.97 Å². The van der Waals surface area contributed by atoms with Crippen molar-refractivity contribution in [2.24, 2.45) is 0 Å². The fraction of sp³-hybridized carbons (Fsp3) is 0.263. The van der Waals surface area contributed by atoms with Crippen LogP contribution in [0.1, 0.15) is 23.0 Å². The molecule has 2 aromatic rings. The highest BCUT2D eigenvalue weighted by Gasteiger charge is 2.10.